The molecule has 0 bridgehead atoms. The van der Waals surface area contributed by atoms with Crippen LogP contribution < -0.4 is 5.56 Å². The van der Waals surface area contributed by atoms with Crippen molar-refractivity contribution >= 4 is 28.9 Å². The van der Waals surface area contributed by atoms with Gasteiger partial charge in [0.25, 0.3) is 5.56 Å². The van der Waals surface area contributed by atoms with Gasteiger partial charge < -0.3 is 4.74 Å². The number of carbonyl (C=O) groups excluding carboxylic acids is 1. The number of carbonyl (C=O) groups is 1. The van der Waals surface area contributed by atoms with Crippen LogP contribution >= 0.6 is 22.9 Å². The minimum atomic E-state index is -0.262. The summed E-state index contributed by atoms with van der Waals surface area (Å²) in [6.07, 6.45) is 2.55. The second-order valence-corrected chi connectivity index (χ2v) is 7.66. The van der Waals surface area contributed by atoms with Gasteiger partial charge in [0.1, 0.15) is 5.01 Å². The van der Waals surface area contributed by atoms with Gasteiger partial charge in [0.05, 0.1) is 13.0 Å². The zero-order valence-corrected chi connectivity index (χ0v) is 16.6. The number of aromatic nitrogens is 3. The van der Waals surface area contributed by atoms with Crippen LogP contribution in [0.4, 0.5) is 0 Å². The molecule has 2 aromatic heterocycles. The van der Waals surface area contributed by atoms with E-state index >= 15 is 0 Å². The third-order valence-corrected chi connectivity index (χ3v) is 5.60. The van der Waals surface area contributed by atoms with Gasteiger partial charge in [-0.05, 0) is 25.5 Å². The summed E-state index contributed by atoms with van der Waals surface area (Å²) in [5.74, 6) is -0.386. The molecule has 0 amide bonds. The van der Waals surface area contributed by atoms with Crippen LogP contribution in [0, 0.1) is 0 Å². The maximum absolute atomic E-state index is 12.1. The Kier molecular flexibility index (Phi) is 6.13. The van der Waals surface area contributed by atoms with Crippen molar-refractivity contribution < 1.29 is 9.53 Å². The molecule has 0 aliphatic carbocycles. The normalized spacial score (nSPS) is 12.1. The molecule has 3 aromatic rings. The summed E-state index contributed by atoms with van der Waals surface area (Å²) >= 11 is 7.48. The number of esters is 1. The lowest BCUT2D eigenvalue weighted by Crippen LogP contribution is -2.12. The number of nitrogens with zero attached hydrogens (tertiary/aromatic N) is 2. The average Bonchev–Trinajstić information content (AvgIpc) is 3.23. The number of aromatic amines is 1. The molecular weight excluding hydrogens is 386 g/mol. The van der Waals surface area contributed by atoms with Crippen LogP contribution in [-0.2, 0) is 23.0 Å². The SMILES string of the molecule is CCOC(=O)C[C@H](Cc1cc(=O)n(C)[nH]1)c1cnc(-c2ccc(Cl)cc2)s1. The lowest BCUT2D eigenvalue weighted by molar-refractivity contribution is -0.143. The summed E-state index contributed by atoms with van der Waals surface area (Å²) in [6, 6.07) is 9.03. The molecule has 0 saturated heterocycles. The third kappa shape index (κ3) is 4.87. The highest BCUT2D eigenvalue weighted by molar-refractivity contribution is 7.15. The van der Waals surface area contributed by atoms with E-state index < -0.39 is 0 Å². The van der Waals surface area contributed by atoms with Gasteiger partial charge in [0, 0.05) is 46.4 Å². The average molecular weight is 406 g/mol. The fourth-order valence-corrected chi connectivity index (χ4v) is 3.96. The number of hydrogen-bond acceptors (Lipinski definition) is 5. The maximum Gasteiger partial charge on any atom is 0.306 e. The number of aryl methyl sites for hydroxylation is 1. The van der Waals surface area contributed by atoms with E-state index in [0.29, 0.717) is 18.1 Å². The van der Waals surface area contributed by atoms with Gasteiger partial charge in [-0.25, -0.2) is 4.98 Å². The Labute approximate surface area is 165 Å². The highest BCUT2D eigenvalue weighted by atomic mass is 35.5. The Balaban J connectivity index is 1.86. The van der Waals surface area contributed by atoms with Crippen molar-refractivity contribution in [3.8, 4) is 10.6 Å². The smallest absolute Gasteiger partial charge is 0.306 e. The summed E-state index contributed by atoms with van der Waals surface area (Å²) in [5.41, 5.74) is 1.64. The lowest BCUT2D eigenvalue weighted by atomic mass is 9.98. The molecule has 0 radical (unpaired) electrons. The quantitative estimate of drug-likeness (QED) is 0.607. The first-order valence-corrected chi connectivity index (χ1v) is 9.78. The zero-order chi connectivity index (χ0) is 19.4. The second kappa shape index (κ2) is 8.54. The summed E-state index contributed by atoms with van der Waals surface area (Å²) in [6.45, 7) is 2.12. The van der Waals surface area contributed by atoms with Crippen LogP contribution in [0.2, 0.25) is 5.02 Å². The van der Waals surface area contributed by atoms with Crippen LogP contribution in [0.5, 0.6) is 0 Å². The van der Waals surface area contributed by atoms with Gasteiger partial charge >= 0.3 is 5.97 Å². The minimum Gasteiger partial charge on any atom is -0.466 e. The first-order chi connectivity index (χ1) is 13.0. The first kappa shape index (κ1) is 19.4. The fourth-order valence-electron chi connectivity index (χ4n) is 2.81. The molecule has 0 spiro atoms. The molecule has 8 heteroatoms. The topological polar surface area (TPSA) is 77.0 Å². The summed E-state index contributed by atoms with van der Waals surface area (Å²) in [7, 11) is 1.66. The Hall–Kier alpha value is -2.38. The Morgan fingerprint density at radius 2 is 2.11 bits per heavy atom. The van der Waals surface area contributed by atoms with E-state index in [4.69, 9.17) is 16.3 Å². The molecule has 0 aliphatic rings. The summed E-state index contributed by atoms with van der Waals surface area (Å²) in [5, 5.41) is 4.54. The van der Waals surface area contributed by atoms with Crippen LogP contribution in [0.25, 0.3) is 10.6 Å². The number of benzene rings is 1. The second-order valence-electron chi connectivity index (χ2n) is 6.16. The number of halogens is 1. The van der Waals surface area contributed by atoms with Crippen molar-refractivity contribution in [1.29, 1.82) is 0 Å². The van der Waals surface area contributed by atoms with E-state index in [1.54, 1.807) is 26.2 Å². The predicted molar refractivity (Wildman–Crippen MR) is 106 cm³/mol. The molecule has 1 aromatic carbocycles. The molecule has 2 heterocycles. The van der Waals surface area contributed by atoms with Crippen molar-refractivity contribution in [1.82, 2.24) is 14.8 Å². The molecule has 1 atom stereocenters. The third-order valence-electron chi connectivity index (χ3n) is 4.14. The zero-order valence-electron chi connectivity index (χ0n) is 15.1. The predicted octanol–water partition coefficient (Wildman–Crippen LogP) is 3.77. The maximum atomic E-state index is 12.1. The Morgan fingerprint density at radius 1 is 1.37 bits per heavy atom. The molecule has 27 heavy (non-hydrogen) atoms. The number of hydrogen-bond donors (Lipinski definition) is 1. The van der Waals surface area contributed by atoms with E-state index in [-0.39, 0.29) is 23.9 Å². The summed E-state index contributed by atoms with van der Waals surface area (Å²) < 4.78 is 6.54. The van der Waals surface area contributed by atoms with E-state index in [0.717, 1.165) is 21.1 Å². The molecule has 0 aliphatic heterocycles. The first-order valence-electron chi connectivity index (χ1n) is 8.58. The standard InChI is InChI=1S/C19H20ClN3O3S/c1-3-26-18(25)9-13(8-15-10-17(24)23(2)22-15)16-11-21-19(27-16)12-4-6-14(20)7-5-12/h4-7,10-11,13,22H,3,8-9H2,1-2H3/t13-/m0/s1. The van der Waals surface area contributed by atoms with Crippen molar-refractivity contribution in [3.63, 3.8) is 0 Å². The number of thiazole rings is 1. The van der Waals surface area contributed by atoms with Gasteiger partial charge in [-0.2, -0.15) is 0 Å². The lowest BCUT2D eigenvalue weighted by Gasteiger charge is -2.13. The van der Waals surface area contributed by atoms with Crippen molar-refractivity contribution in [2.45, 2.75) is 25.7 Å². The van der Waals surface area contributed by atoms with Gasteiger partial charge in [-0.1, -0.05) is 23.7 Å². The molecule has 3 rings (SSSR count). The van der Waals surface area contributed by atoms with Gasteiger partial charge in [0.2, 0.25) is 0 Å². The van der Waals surface area contributed by atoms with Crippen LogP contribution in [0.3, 0.4) is 0 Å². The minimum absolute atomic E-state index is 0.106. The molecule has 0 unspecified atom stereocenters. The molecule has 0 fully saturated rings. The van der Waals surface area contributed by atoms with Crippen molar-refractivity contribution in [2.75, 3.05) is 6.61 Å². The van der Waals surface area contributed by atoms with E-state index in [9.17, 15) is 9.59 Å². The highest BCUT2D eigenvalue weighted by Crippen LogP contribution is 2.33. The molecule has 6 nitrogen and oxygen atoms in total. The van der Waals surface area contributed by atoms with Crippen molar-refractivity contribution in [2.24, 2.45) is 7.05 Å². The van der Waals surface area contributed by atoms with Gasteiger partial charge in [-0.3, -0.25) is 19.4 Å². The molecule has 0 saturated carbocycles. The van der Waals surface area contributed by atoms with E-state index in [2.05, 4.69) is 10.1 Å². The largest absolute Gasteiger partial charge is 0.466 e. The van der Waals surface area contributed by atoms with E-state index in [1.165, 1.54) is 16.0 Å². The number of ether oxygens (including phenoxy) is 1. The summed E-state index contributed by atoms with van der Waals surface area (Å²) in [4.78, 5) is 29.3. The Bertz CT molecular complexity index is 975. The fraction of sp³-hybridized carbons (Fsp3) is 0.316. The monoisotopic (exact) mass is 405 g/mol. The Morgan fingerprint density at radius 3 is 2.74 bits per heavy atom. The van der Waals surface area contributed by atoms with Crippen LogP contribution in [0.15, 0.2) is 41.3 Å². The molecule has 1 N–H and O–H groups in total. The number of rotatable bonds is 7. The van der Waals surface area contributed by atoms with Crippen LogP contribution in [-0.4, -0.2) is 27.3 Å². The molecule has 142 valence electrons. The highest BCUT2D eigenvalue weighted by Gasteiger charge is 2.21. The van der Waals surface area contributed by atoms with Gasteiger partial charge in [0.15, 0.2) is 0 Å². The number of nitrogens with one attached hydrogen (secondary N) is 1. The van der Waals surface area contributed by atoms with E-state index in [1.807, 2.05) is 24.3 Å². The van der Waals surface area contributed by atoms with Gasteiger partial charge in [-0.15, -0.1) is 11.3 Å². The molecular formula is C19H20ClN3O3S. The number of H-pyrrole nitrogens is 1. The van der Waals surface area contributed by atoms with Crippen LogP contribution in [0.1, 0.15) is 29.8 Å². The van der Waals surface area contributed by atoms with Crippen molar-refractivity contribution in [3.05, 3.63) is 62.5 Å².